The van der Waals surface area contributed by atoms with Gasteiger partial charge in [-0.2, -0.15) is 0 Å². The van der Waals surface area contributed by atoms with E-state index in [9.17, 15) is 9.90 Å². The molecule has 1 aromatic rings. The zero-order chi connectivity index (χ0) is 16.8. The number of aliphatic hydroxyl groups is 1. The van der Waals surface area contributed by atoms with E-state index in [2.05, 4.69) is 36.2 Å². The van der Waals surface area contributed by atoms with E-state index in [0.29, 0.717) is 19.0 Å². The molecule has 1 fully saturated rings. The van der Waals surface area contributed by atoms with Gasteiger partial charge in [-0.05, 0) is 43.4 Å². The molecule has 0 aliphatic carbocycles. The van der Waals surface area contributed by atoms with Crippen LogP contribution in [0.15, 0.2) is 24.3 Å². The fourth-order valence-corrected chi connectivity index (χ4v) is 3.21. The summed E-state index contributed by atoms with van der Waals surface area (Å²) in [5.41, 5.74) is 2.24. The van der Waals surface area contributed by atoms with Crippen molar-refractivity contribution in [2.45, 2.75) is 45.6 Å². The van der Waals surface area contributed by atoms with E-state index in [0.717, 1.165) is 31.5 Å². The average molecular weight is 318 g/mol. The molecule has 4 nitrogen and oxygen atoms in total. The second-order valence-electron chi connectivity index (χ2n) is 6.83. The highest BCUT2D eigenvalue weighted by Crippen LogP contribution is 2.22. The molecule has 1 aliphatic rings. The number of nitrogens with zero attached hydrogens (tertiary/aromatic N) is 1. The summed E-state index contributed by atoms with van der Waals surface area (Å²) in [5.74, 6) is 0.702. The van der Waals surface area contributed by atoms with Gasteiger partial charge >= 0.3 is 0 Å². The van der Waals surface area contributed by atoms with Crippen LogP contribution >= 0.6 is 0 Å². The van der Waals surface area contributed by atoms with Crippen LogP contribution in [0.25, 0.3) is 0 Å². The van der Waals surface area contributed by atoms with Crippen LogP contribution in [-0.4, -0.2) is 42.1 Å². The summed E-state index contributed by atoms with van der Waals surface area (Å²) >= 11 is 0. The minimum absolute atomic E-state index is 0.0548. The Morgan fingerprint density at radius 2 is 1.96 bits per heavy atom. The lowest BCUT2D eigenvalue weighted by molar-refractivity contribution is -0.126. The number of aliphatic hydroxyl groups excluding tert-OH is 1. The fraction of sp³-hybridized carbons (Fsp3) is 0.632. The second-order valence-corrected chi connectivity index (χ2v) is 6.83. The third-order valence-corrected chi connectivity index (χ3v) is 4.65. The Balaban J connectivity index is 1.91. The highest BCUT2D eigenvalue weighted by atomic mass is 16.3. The molecule has 0 bridgehead atoms. The van der Waals surface area contributed by atoms with E-state index in [1.54, 1.807) is 0 Å². The molecule has 0 unspecified atom stereocenters. The van der Waals surface area contributed by atoms with Gasteiger partial charge in [0.15, 0.2) is 0 Å². The van der Waals surface area contributed by atoms with Gasteiger partial charge in [-0.1, -0.05) is 38.1 Å². The predicted molar refractivity (Wildman–Crippen MR) is 93.3 cm³/mol. The van der Waals surface area contributed by atoms with Crippen LogP contribution in [0.5, 0.6) is 0 Å². The first-order valence-electron chi connectivity index (χ1n) is 8.79. The van der Waals surface area contributed by atoms with E-state index in [-0.39, 0.29) is 11.8 Å². The topological polar surface area (TPSA) is 52.6 Å². The SMILES string of the molecule is CCNC(=O)[C@H]1CCCN(C[C@@H](O)c2ccc(C(C)C)cc2)C1. The van der Waals surface area contributed by atoms with Crippen molar-refractivity contribution >= 4 is 5.91 Å². The number of hydrogen-bond donors (Lipinski definition) is 2. The van der Waals surface area contributed by atoms with Gasteiger partial charge < -0.3 is 10.4 Å². The largest absolute Gasteiger partial charge is 0.387 e. The molecule has 1 aliphatic heterocycles. The Labute approximate surface area is 139 Å². The molecule has 128 valence electrons. The summed E-state index contributed by atoms with van der Waals surface area (Å²) in [4.78, 5) is 14.2. The van der Waals surface area contributed by atoms with Crippen LogP contribution in [0.4, 0.5) is 0 Å². The number of hydrogen-bond acceptors (Lipinski definition) is 3. The Bertz CT molecular complexity index is 499. The van der Waals surface area contributed by atoms with Gasteiger partial charge in [0.1, 0.15) is 0 Å². The van der Waals surface area contributed by atoms with Crippen molar-refractivity contribution in [3.05, 3.63) is 35.4 Å². The highest BCUT2D eigenvalue weighted by molar-refractivity contribution is 5.78. The predicted octanol–water partition coefficient (Wildman–Crippen LogP) is 2.69. The Hall–Kier alpha value is -1.39. The summed E-state index contributed by atoms with van der Waals surface area (Å²) in [7, 11) is 0. The van der Waals surface area contributed by atoms with Crippen LogP contribution in [-0.2, 0) is 4.79 Å². The van der Waals surface area contributed by atoms with Gasteiger partial charge in [0.05, 0.1) is 12.0 Å². The normalized spacial score (nSPS) is 20.5. The van der Waals surface area contributed by atoms with Gasteiger partial charge in [-0.15, -0.1) is 0 Å². The number of β-amino-alcohol motifs (C(OH)–C–C–N with tert-alkyl or cyclic N) is 1. The molecular weight excluding hydrogens is 288 g/mol. The monoisotopic (exact) mass is 318 g/mol. The van der Waals surface area contributed by atoms with E-state index in [1.165, 1.54) is 5.56 Å². The van der Waals surface area contributed by atoms with Gasteiger partial charge in [0.2, 0.25) is 5.91 Å². The summed E-state index contributed by atoms with van der Waals surface area (Å²) in [6.07, 6.45) is 1.46. The molecule has 0 aromatic heterocycles. The summed E-state index contributed by atoms with van der Waals surface area (Å²) in [6.45, 7) is 9.26. The number of amides is 1. The smallest absolute Gasteiger partial charge is 0.224 e. The molecule has 2 atom stereocenters. The van der Waals surface area contributed by atoms with Crippen molar-refractivity contribution in [2.24, 2.45) is 5.92 Å². The Kier molecular flexibility index (Phi) is 6.60. The van der Waals surface area contributed by atoms with E-state index in [4.69, 9.17) is 0 Å². The maximum atomic E-state index is 12.0. The van der Waals surface area contributed by atoms with Crippen LogP contribution in [0.2, 0.25) is 0 Å². The third-order valence-electron chi connectivity index (χ3n) is 4.65. The summed E-state index contributed by atoms with van der Waals surface area (Å²) < 4.78 is 0. The van der Waals surface area contributed by atoms with Gasteiger partial charge in [0, 0.05) is 19.6 Å². The van der Waals surface area contributed by atoms with Crippen molar-refractivity contribution < 1.29 is 9.90 Å². The first-order valence-corrected chi connectivity index (χ1v) is 8.79. The Morgan fingerprint density at radius 3 is 2.57 bits per heavy atom. The fourth-order valence-electron chi connectivity index (χ4n) is 3.21. The molecule has 2 rings (SSSR count). The lowest BCUT2D eigenvalue weighted by Crippen LogP contribution is -2.44. The minimum Gasteiger partial charge on any atom is -0.387 e. The van der Waals surface area contributed by atoms with E-state index >= 15 is 0 Å². The lowest BCUT2D eigenvalue weighted by atomic mass is 9.96. The van der Waals surface area contributed by atoms with Crippen molar-refractivity contribution in [1.82, 2.24) is 10.2 Å². The van der Waals surface area contributed by atoms with Crippen molar-refractivity contribution in [1.29, 1.82) is 0 Å². The number of benzene rings is 1. The third kappa shape index (κ3) is 5.05. The van der Waals surface area contributed by atoms with Crippen LogP contribution in [0.3, 0.4) is 0 Å². The standard InChI is InChI=1S/C19H30N2O2/c1-4-20-19(23)17-6-5-11-21(12-17)13-18(22)16-9-7-15(8-10-16)14(2)3/h7-10,14,17-18,22H,4-6,11-13H2,1-3H3,(H,20,23)/t17-,18+/m0/s1. The molecule has 4 heteroatoms. The molecule has 0 spiro atoms. The maximum Gasteiger partial charge on any atom is 0.224 e. The number of rotatable bonds is 6. The minimum atomic E-state index is -0.496. The lowest BCUT2D eigenvalue weighted by Gasteiger charge is -2.33. The molecule has 23 heavy (non-hydrogen) atoms. The first kappa shape index (κ1) is 18.0. The number of carbonyl (C=O) groups excluding carboxylic acids is 1. The average Bonchev–Trinajstić information content (AvgIpc) is 2.55. The molecular formula is C19H30N2O2. The summed E-state index contributed by atoms with van der Waals surface area (Å²) in [6, 6.07) is 8.23. The molecule has 1 heterocycles. The molecule has 0 radical (unpaired) electrons. The highest BCUT2D eigenvalue weighted by Gasteiger charge is 2.26. The van der Waals surface area contributed by atoms with E-state index < -0.39 is 6.10 Å². The van der Waals surface area contributed by atoms with Crippen LogP contribution in [0.1, 0.15) is 56.8 Å². The molecule has 1 saturated heterocycles. The zero-order valence-electron chi connectivity index (χ0n) is 14.6. The number of nitrogens with one attached hydrogen (secondary N) is 1. The van der Waals surface area contributed by atoms with Gasteiger partial charge in [-0.3, -0.25) is 9.69 Å². The molecule has 1 aromatic carbocycles. The number of likely N-dealkylation sites (tertiary alicyclic amines) is 1. The Morgan fingerprint density at radius 1 is 1.30 bits per heavy atom. The molecule has 1 amide bonds. The van der Waals surface area contributed by atoms with Crippen molar-refractivity contribution in [3.8, 4) is 0 Å². The maximum absolute atomic E-state index is 12.0. The van der Waals surface area contributed by atoms with Gasteiger partial charge in [-0.25, -0.2) is 0 Å². The summed E-state index contributed by atoms with van der Waals surface area (Å²) in [5, 5.41) is 13.4. The van der Waals surface area contributed by atoms with Crippen LogP contribution in [0, 0.1) is 5.92 Å². The van der Waals surface area contributed by atoms with Crippen molar-refractivity contribution in [3.63, 3.8) is 0 Å². The quantitative estimate of drug-likeness (QED) is 0.848. The van der Waals surface area contributed by atoms with E-state index in [1.807, 2.05) is 19.1 Å². The molecule has 0 saturated carbocycles. The zero-order valence-corrected chi connectivity index (χ0v) is 14.6. The molecule has 2 N–H and O–H groups in total. The van der Waals surface area contributed by atoms with Crippen LogP contribution < -0.4 is 5.32 Å². The number of carbonyl (C=O) groups is 1. The number of piperidine rings is 1. The van der Waals surface area contributed by atoms with Crippen molar-refractivity contribution in [2.75, 3.05) is 26.2 Å². The second kappa shape index (κ2) is 8.46. The van der Waals surface area contributed by atoms with Gasteiger partial charge in [0.25, 0.3) is 0 Å². The first-order chi connectivity index (χ1) is 11.0.